The van der Waals surface area contributed by atoms with Crippen molar-refractivity contribution in [3.8, 4) is 73.3 Å². The van der Waals surface area contributed by atoms with Crippen molar-refractivity contribution in [2.75, 3.05) is 9.80 Å². The van der Waals surface area contributed by atoms with Gasteiger partial charge < -0.3 is 14.4 Å². The van der Waals surface area contributed by atoms with E-state index < -0.39 is 55.1 Å². The number of rotatable bonds is 10. The zero-order valence-corrected chi connectivity index (χ0v) is 58.1. The number of pyridine rings is 1. The molecule has 5 heterocycles. The largest absolute Gasteiger partial charge is 0.311 e. The number of anilines is 6. The van der Waals surface area contributed by atoms with Gasteiger partial charge in [0.2, 0.25) is 0 Å². The van der Waals surface area contributed by atoms with Crippen LogP contribution in [-0.4, -0.2) is 20.8 Å². The van der Waals surface area contributed by atoms with Crippen LogP contribution in [0.15, 0.2) is 303 Å². The van der Waals surface area contributed by atoms with Crippen molar-refractivity contribution in [3.63, 3.8) is 0 Å². The number of hydrogen-bond donors (Lipinski definition) is 0. The molecular weight excluding hydrogens is 1240 g/mol. The molecule has 2 aliphatic heterocycles. The monoisotopic (exact) mass is 1320 g/mol. The maximum absolute atomic E-state index is 10.4. The molecule has 0 bridgehead atoms. The quantitative estimate of drug-likeness (QED) is 0.128. The molecule has 0 saturated carbocycles. The number of nitrogens with zero attached hydrogens (tertiary/aromatic N) is 6. The maximum atomic E-state index is 10.4. The topological polar surface area (TPSA) is 53.0 Å². The molecule has 0 aliphatic carbocycles. The third-order valence-electron chi connectivity index (χ3n) is 20.9. The molecule has 0 atom stereocenters. The summed E-state index contributed by atoms with van der Waals surface area (Å²) in [5.74, 6) is 1.01. The summed E-state index contributed by atoms with van der Waals surface area (Å²) in [5.41, 5.74) is 23.1. The van der Waals surface area contributed by atoms with Gasteiger partial charge in [0.1, 0.15) is 5.82 Å². The molecule has 2 aliphatic rings. The van der Waals surface area contributed by atoms with Crippen molar-refractivity contribution in [1.82, 2.24) is 14.1 Å². The van der Waals surface area contributed by atoms with E-state index in [0.29, 0.717) is 23.0 Å². The Morgan fingerprint density at radius 1 is 0.392 bits per heavy atom. The Morgan fingerprint density at radius 2 is 0.892 bits per heavy atom. The number of hydrogen-bond acceptors (Lipinski definition) is 4. The first-order valence-corrected chi connectivity index (χ1v) is 35.0. The van der Waals surface area contributed by atoms with Gasteiger partial charge in [0.05, 0.1) is 67.4 Å². The van der Waals surface area contributed by atoms with E-state index >= 15 is 0 Å². The highest BCUT2D eigenvalue weighted by Gasteiger charge is 2.45. The average Bonchev–Trinajstić information content (AvgIpc) is 1.27. The molecule has 13 aromatic carbocycles. The lowest BCUT2D eigenvalue weighted by atomic mass is 9.33. The van der Waals surface area contributed by atoms with Gasteiger partial charge in [-0.25, -0.2) is 4.98 Å². The zero-order chi connectivity index (χ0) is 76.2. The molecule has 102 heavy (non-hydrogen) atoms. The van der Waals surface area contributed by atoms with E-state index in [1.54, 1.807) is 4.57 Å². The molecule has 0 saturated heterocycles. The summed E-state index contributed by atoms with van der Waals surface area (Å²) in [5, 5.41) is 12.4. The smallest absolute Gasteiger partial charge is 0.252 e. The summed E-state index contributed by atoms with van der Waals surface area (Å²) in [6.07, 6.45) is 0. The van der Waals surface area contributed by atoms with Crippen LogP contribution in [-0.2, 0) is 10.8 Å². The predicted octanol–water partition coefficient (Wildman–Crippen LogP) is 23.3. The lowest BCUT2D eigenvalue weighted by Gasteiger charge is -2.45. The Bertz CT molecular complexity index is 6510. The van der Waals surface area contributed by atoms with Crippen LogP contribution in [0, 0.1) is 11.3 Å². The van der Waals surface area contributed by atoms with Gasteiger partial charge in [-0.2, -0.15) is 5.26 Å². The second kappa shape index (κ2) is 24.0. The third-order valence-corrected chi connectivity index (χ3v) is 20.9. The Kier molecular flexibility index (Phi) is 12.6. The minimum Gasteiger partial charge on any atom is -0.311 e. The highest BCUT2D eigenvalue weighted by atomic mass is 15.2. The van der Waals surface area contributed by atoms with E-state index in [0.717, 1.165) is 134 Å². The molecule has 18 rings (SSSR count). The van der Waals surface area contributed by atoms with E-state index in [9.17, 15) is 13.5 Å². The molecule has 0 unspecified atom stereocenters. The summed E-state index contributed by atoms with van der Waals surface area (Å²) in [6.45, 7) is 17.2. The van der Waals surface area contributed by atoms with E-state index in [4.69, 9.17) is 7.73 Å². The lowest BCUT2D eigenvalue weighted by Crippen LogP contribution is -2.61. The first kappa shape index (κ1) is 53.7. The van der Waals surface area contributed by atoms with Crippen molar-refractivity contribution in [2.24, 2.45) is 0 Å². The highest BCUT2D eigenvalue weighted by molar-refractivity contribution is 7.00. The number of para-hydroxylation sites is 3. The van der Waals surface area contributed by atoms with Crippen LogP contribution in [0.25, 0.3) is 111 Å². The van der Waals surface area contributed by atoms with Crippen LogP contribution in [0.1, 0.15) is 94.5 Å². The molecule has 3 aromatic heterocycles. The molecular formula is C95H75BN6. The fourth-order valence-corrected chi connectivity index (χ4v) is 15.7. The van der Waals surface area contributed by atoms with E-state index in [1.807, 2.05) is 48.5 Å². The summed E-state index contributed by atoms with van der Waals surface area (Å²) in [4.78, 5) is 10.5. The van der Waals surface area contributed by atoms with Crippen LogP contribution in [0.4, 0.5) is 34.1 Å². The van der Waals surface area contributed by atoms with Gasteiger partial charge in [-0.1, -0.05) is 262 Å². The van der Waals surface area contributed by atoms with Crippen LogP contribution in [0.5, 0.6) is 0 Å². The van der Waals surface area contributed by atoms with Gasteiger partial charge in [0.25, 0.3) is 6.71 Å². The summed E-state index contributed by atoms with van der Waals surface area (Å²) >= 11 is 0. The fourth-order valence-electron chi connectivity index (χ4n) is 15.7. The Hall–Kier alpha value is -12.2. The SMILES string of the molecule is [2H]c1c([2H])c([2H])c2c(c1[2H])c1c([2H])c([2H])c([2H])c([2H])c1n2-c1cc2c3c(c1)N(c1ccc(C(C)(C)C)cc1-c1ccccc1)c1ccc(-c4ccccc4)cc1B3c1cc(-c3cc(-c4ccc(C(C)C)cc4)cc(-n4c5ccc(C#N)cc5c5cc(C(C)(C)C)ccc54)n3)ccc1N2c1ccccc1-c1ccccc1. The third kappa shape index (κ3) is 10.3. The van der Waals surface area contributed by atoms with Gasteiger partial charge in [-0.3, -0.25) is 4.57 Å². The minimum atomic E-state index is -0.560. The van der Waals surface area contributed by atoms with Crippen LogP contribution in [0.2, 0.25) is 0 Å². The molecule has 7 heteroatoms. The molecule has 0 N–H and O–H groups in total. The number of benzene rings is 13. The normalized spacial score (nSPS) is 13.8. The average molecular weight is 1320 g/mol. The maximum Gasteiger partial charge on any atom is 0.252 e. The van der Waals surface area contributed by atoms with Gasteiger partial charge in [-0.15, -0.1) is 0 Å². The second-order valence-electron chi connectivity index (χ2n) is 29.5. The summed E-state index contributed by atoms with van der Waals surface area (Å²) in [7, 11) is 0. The Balaban J connectivity index is 0.998. The van der Waals surface area contributed by atoms with Crippen molar-refractivity contribution in [3.05, 3.63) is 325 Å². The molecule has 0 fully saturated rings. The molecule has 16 aromatic rings. The Labute approximate surface area is 608 Å². The molecule has 0 spiro atoms. The van der Waals surface area contributed by atoms with Crippen LogP contribution in [0.3, 0.4) is 0 Å². The number of fused-ring (bicyclic) bond motifs is 10. The zero-order valence-electron chi connectivity index (χ0n) is 66.1. The van der Waals surface area contributed by atoms with Gasteiger partial charge in [-0.05, 0) is 186 Å². The van der Waals surface area contributed by atoms with Crippen molar-refractivity contribution in [1.29, 1.82) is 5.26 Å². The molecule has 0 radical (unpaired) electrons. The van der Waals surface area contributed by atoms with E-state index in [2.05, 4.69) is 282 Å². The molecule has 488 valence electrons. The molecule has 6 nitrogen and oxygen atoms in total. The van der Waals surface area contributed by atoms with Crippen molar-refractivity contribution >= 4 is 101 Å². The van der Waals surface area contributed by atoms with Crippen molar-refractivity contribution < 1.29 is 11.0 Å². The summed E-state index contributed by atoms with van der Waals surface area (Å²) < 4.78 is 80.1. The first-order valence-electron chi connectivity index (χ1n) is 39.0. The van der Waals surface area contributed by atoms with Gasteiger partial charge in [0, 0.05) is 55.4 Å². The van der Waals surface area contributed by atoms with Gasteiger partial charge >= 0.3 is 0 Å². The lowest BCUT2D eigenvalue weighted by molar-refractivity contribution is 0.590. The van der Waals surface area contributed by atoms with E-state index in [1.165, 1.54) is 11.1 Å². The van der Waals surface area contributed by atoms with Crippen LogP contribution < -0.4 is 26.2 Å². The summed E-state index contributed by atoms with van der Waals surface area (Å²) in [6, 6.07) is 88.6. The van der Waals surface area contributed by atoms with Gasteiger partial charge in [0.15, 0.2) is 0 Å². The predicted molar refractivity (Wildman–Crippen MR) is 430 cm³/mol. The first-order chi connectivity index (χ1) is 52.9. The van der Waals surface area contributed by atoms with Crippen molar-refractivity contribution in [2.45, 2.75) is 72.1 Å². The minimum absolute atomic E-state index is 0.0134. The molecule has 0 amide bonds. The Morgan fingerprint density at radius 3 is 1.51 bits per heavy atom. The standard InChI is InChI=1S/C95H75BN6/c1-60(2)62-37-39-64(40-38-62)69-53-81(98-92(54-69)102-86-45-36-61(59-97)50-77(86)78-56-71(95(6,7)8)44-49-87(78)102)68-42-47-89-80(52-68)96-79-51-67(63-24-12-9-13-25-63)41-46-88(79)101(85-48-43-70(94(3,4)5)55-76(85)66-28-16-11-17-29-66)91-58-72(99-83-34-22-19-31-74(83)75-32-20-23-35-84(75)99)57-90(93(91)96)100(89)82-33-21-18-30-73(82)65-26-14-10-15-27-65/h9-58,60H,1-8H3/i19D,20D,22D,23D,31D,32D,34D,35D. The van der Waals surface area contributed by atoms with Crippen LogP contribution >= 0.6 is 0 Å². The fraction of sp³-hybridized carbons (Fsp3) is 0.116. The number of aromatic nitrogens is 3. The van der Waals surface area contributed by atoms with E-state index in [-0.39, 0.29) is 32.6 Å². The highest BCUT2D eigenvalue weighted by Crippen LogP contribution is 2.51. The second-order valence-corrected chi connectivity index (χ2v) is 29.5. The number of nitriles is 1.